The van der Waals surface area contributed by atoms with E-state index >= 15 is 0 Å². The van der Waals surface area contributed by atoms with E-state index in [0.717, 1.165) is 12.1 Å². The summed E-state index contributed by atoms with van der Waals surface area (Å²) in [6, 6.07) is 14.0. The third-order valence-corrected chi connectivity index (χ3v) is 8.25. The SMILES string of the molecule is CCOC(=O)C1CCOc2cc(Oc3ccc(C(=O)NCCc4ccc(C(F)(F)F)nc4OC)cc3)c(Cl)cc21.COc1nc(C(F)(F)F)ccc1CCN. The Bertz CT molecular complexity index is 1950. The zero-order chi connectivity index (χ0) is 40.3. The predicted molar refractivity (Wildman–Crippen MR) is 188 cm³/mol. The Kier molecular flexibility index (Phi) is 14.5. The van der Waals surface area contributed by atoms with Crippen LogP contribution in [0, 0.1) is 0 Å². The summed E-state index contributed by atoms with van der Waals surface area (Å²) >= 11 is 6.43. The molecule has 1 amide bonds. The average molecular weight is 799 g/mol. The number of amides is 1. The summed E-state index contributed by atoms with van der Waals surface area (Å²) in [6.07, 6.45) is -7.89. The summed E-state index contributed by atoms with van der Waals surface area (Å²) in [7, 11) is 2.52. The second-order valence-corrected chi connectivity index (χ2v) is 12.1. The van der Waals surface area contributed by atoms with E-state index in [2.05, 4.69) is 15.3 Å². The molecule has 11 nitrogen and oxygen atoms in total. The normalized spacial score (nSPS) is 13.7. The molecule has 0 spiro atoms. The number of hydrogen-bond donors (Lipinski definition) is 2. The number of carbonyl (C=O) groups is 2. The molecule has 55 heavy (non-hydrogen) atoms. The molecule has 1 aliphatic rings. The van der Waals surface area contributed by atoms with Gasteiger partial charge in [-0.3, -0.25) is 9.59 Å². The van der Waals surface area contributed by atoms with E-state index in [1.807, 2.05) is 0 Å². The van der Waals surface area contributed by atoms with Gasteiger partial charge in [0.25, 0.3) is 5.91 Å². The van der Waals surface area contributed by atoms with Crippen LogP contribution in [-0.2, 0) is 34.7 Å². The van der Waals surface area contributed by atoms with Gasteiger partial charge in [-0.2, -0.15) is 26.3 Å². The highest BCUT2D eigenvalue weighted by Crippen LogP contribution is 2.42. The highest BCUT2D eigenvalue weighted by Gasteiger charge is 2.34. The largest absolute Gasteiger partial charge is 0.493 e. The molecule has 2 aromatic carbocycles. The summed E-state index contributed by atoms with van der Waals surface area (Å²) in [6.45, 7) is 2.86. The number of alkyl halides is 6. The number of carbonyl (C=O) groups excluding carboxylic acids is 2. The summed E-state index contributed by atoms with van der Waals surface area (Å²) in [5, 5.41) is 3.00. The van der Waals surface area contributed by atoms with Crippen molar-refractivity contribution in [3.63, 3.8) is 0 Å². The van der Waals surface area contributed by atoms with Crippen LogP contribution in [0.4, 0.5) is 26.3 Å². The molecule has 3 N–H and O–H groups in total. The van der Waals surface area contributed by atoms with Crippen molar-refractivity contribution in [2.75, 3.05) is 40.5 Å². The lowest BCUT2D eigenvalue weighted by Crippen LogP contribution is -2.25. The van der Waals surface area contributed by atoms with Crippen molar-refractivity contribution in [2.24, 2.45) is 5.73 Å². The summed E-state index contributed by atoms with van der Waals surface area (Å²) in [5.41, 5.74) is 5.29. The molecule has 4 aromatic rings. The number of nitrogens with two attached hydrogens (primary N) is 1. The van der Waals surface area contributed by atoms with Crippen LogP contribution in [0.2, 0.25) is 5.02 Å². The van der Waals surface area contributed by atoms with E-state index in [4.69, 9.17) is 41.0 Å². The van der Waals surface area contributed by atoms with Crippen LogP contribution in [-0.4, -0.2) is 62.4 Å². The van der Waals surface area contributed by atoms with Crippen molar-refractivity contribution in [3.05, 3.63) is 99.3 Å². The lowest BCUT2D eigenvalue weighted by atomic mass is 9.93. The van der Waals surface area contributed by atoms with Crippen LogP contribution in [0.3, 0.4) is 0 Å². The molecule has 0 saturated heterocycles. The number of benzene rings is 2. The third kappa shape index (κ3) is 11.4. The van der Waals surface area contributed by atoms with E-state index < -0.39 is 29.7 Å². The molecule has 0 radical (unpaired) electrons. The zero-order valence-corrected chi connectivity index (χ0v) is 30.5. The lowest BCUT2D eigenvalue weighted by Gasteiger charge is -2.25. The number of halogens is 7. The highest BCUT2D eigenvalue weighted by molar-refractivity contribution is 6.32. The van der Waals surface area contributed by atoms with E-state index in [1.54, 1.807) is 43.3 Å². The minimum atomic E-state index is -4.58. The number of hydrogen-bond acceptors (Lipinski definition) is 10. The second-order valence-electron chi connectivity index (χ2n) is 11.7. The average Bonchev–Trinajstić information content (AvgIpc) is 3.15. The molecule has 1 unspecified atom stereocenters. The number of esters is 1. The zero-order valence-electron chi connectivity index (χ0n) is 29.8. The number of nitrogens with zero attached hydrogens (tertiary/aromatic N) is 2. The van der Waals surface area contributed by atoms with Gasteiger partial charge in [-0.25, -0.2) is 9.97 Å². The minimum absolute atomic E-state index is 0.0183. The van der Waals surface area contributed by atoms with Crippen LogP contribution >= 0.6 is 11.6 Å². The van der Waals surface area contributed by atoms with Gasteiger partial charge >= 0.3 is 18.3 Å². The fourth-order valence-corrected chi connectivity index (χ4v) is 5.52. The van der Waals surface area contributed by atoms with E-state index in [9.17, 15) is 35.9 Å². The molecule has 5 rings (SSSR count). The van der Waals surface area contributed by atoms with Crippen molar-refractivity contribution < 1.29 is 59.6 Å². The van der Waals surface area contributed by atoms with Gasteiger partial charge in [0.1, 0.15) is 28.6 Å². The Morgan fingerprint density at radius 1 is 0.891 bits per heavy atom. The molecule has 18 heteroatoms. The number of fused-ring (bicyclic) bond motifs is 1. The Balaban J connectivity index is 0.000000376. The topological polar surface area (TPSA) is 144 Å². The Morgan fingerprint density at radius 3 is 2.00 bits per heavy atom. The van der Waals surface area contributed by atoms with Crippen molar-refractivity contribution in [2.45, 2.75) is 44.5 Å². The van der Waals surface area contributed by atoms with Gasteiger partial charge < -0.3 is 34.7 Å². The van der Waals surface area contributed by atoms with Gasteiger partial charge in [0.2, 0.25) is 11.8 Å². The standard InChI is InChI=1S/C28H26ClF3N2O6.C9H11F3N2O/c1-3-38-27(36)19-11-13-39-22-15-23(21(29)14-20(19)22)40-18-7-4-16(5-8-18)25(35)33-12-10-17-6-9-24(28(30,31)32)34-26(17)37-2;1-15-8-6(4-5-13)2-3-7(14-8)9(10,11)12/h4-9,14-15,19H,3,10-13H2,1-2H3,(H,33,35);2-3H,4-5,13H2,1H3. The molecule has 296 valence electrons. The van der Waals surface area contributed by atoms with Crippen molar-refractivity contribution in [1.82, 2.24) is 15.3 Å². The minimum Gasteiger partial charge on any atom is -0.493 e. The Hall–Kier alpha value is -5.29. The van der Waals surface area contributed by atoms with Crippen LogP contribution in [0.5, 0.6) is 29.0 Å². The Labute approximate surface area is 317 Å². The van der Waals surface area contributed by atoms with Crippen molar-refractivity contribution in [3.8, 4) is 29.0 Å². The first-order valence-corrected chi connectivity index (χ1v) is 17.1. The number of pyridine rings is 2. The molecule has 0 bridgehead atoms. The van der Waals surface area contributed by atoms with Gasteiger partial charge in [-0.05, 0) is 75.2 Å². The monoisotopic (exact) mass is 798 g/mol. The van der Waals surface area contributed by atoms with Crippen LogP contribution in [0.15, 0.2) is 60.7 Å². The number of methoxy groups -OCH3 is 2. The number of aromatic nitrogens is 2. The van der Waals surface area contributed by atoms with Gasteiger partial charge in [0, 0.05) is 34.9 Å². The molecular formula is C37H37ClF6N4O7. The molecule has 0 fully saturated rings. The van der Waals surface area contributed by atoms with Gasteiger partial charge in [0.05, 0.1) is 38.4 Å². The summed E-state index contributed by atoms with van der Waals surface area (Å²) < 4.78 is 102. The maximum absolute atomic E-state index is 12.9. The quantitative estimate of drug-likeness (QED) is 0.109. The smallest absolute Gasteiger partial charge is 0.433 e. The first-order chi connectivity index (χ1) is 26.1. The highest BCUT2D eigenvalue weighted by atomic mass is 35.5. The molecule has 3 heterocycles. The maximum atomic E-state index is 12.9. The fraction of sp³-hybridized carbons (Fsp3) is 0.351. The van der Waals surface area contributed by atoms with Crippen molar-refractivity contribution in [1.29, 1.82) is 0 Å². The lowest BCUT2D eigenvalue weighted by molar-refractivity contribution is -0.145. The first-order valence-electron chi connectivity index (χ1n) is 16.7. The van der Waals surface area contributed by atoms with Crippen LogP contribution in [0.25, 0.3) is 0 Å². The fourth-order valence-electron chi connectivity index (χ4n) is 5.31. The third-order valence-electron chi connectivity index (χ3n) is 7.96. The van der Waals surface area contributed by atoms with Gasteiger partial charge in [-0.15, -0.1) is 0 Å². The number of ether oxygens (including phenoxy) is 5. The second kappa shape index (κ2) is 18.8. The molecule has 0 saturated carbocycles. The molecule has 1 aliphatic heterocycles. The first kappa shape index (κ1) is 42.5. The Morgan fingerprint density at radius 2 is 1.47 bits per heavy atom. The van der Waals surface area contributed by atoms with Crippen LogP contribution < -0.4 is 30.0 Å². The molecule has 1 atom stereocenters. The van der Waals surface area contributed by atoms with Gasteiger partial charge in [0.15, 0.2) is 0 Å². The van der Waals surface area contributed by atoms with Gasteiger partial charge in [-0.1, -0.05) is 23.7 Å². The molecule has 0 aliphatic carbocycles. The van der Waals surface area contributed by atoms with E-state index in [-0.39, 0.29) is 48.2 Å². The van der Waals surface area contributed by atoms with Crippen molar-refractivity contribution >= 4 is 23.5 Å². The van der Waals surface area contributed by atoms with Crippen LogP contribution in [0.1, 0.15) is 57.7 Å². The van der Waals surface area contributed by atoms with E-state index in [0.29, 0.717) is 65.5 Å². The maximum Gasteiger partial charge on any atom is 0.433 e. The van der Waals surface area contributed by atoms with E-state index in [1.165, 1.54) is 26.4 Å². The molecular weight excluding hydrogens is 762 g/mol. The molecule has 2 aromatic heterocycles. The predicted octanol–water partition coefficient (Wildman–Crippen LogP) is 7.57. The number of nitrogens with one attached hydrogen (secondary N) is 1. The summed E-state index contributed by atoms with van der Waals surface area (Å²) in [5.74, 6) is -0.123. The summed E-state index contributed by atoms with van der Waals surface area (Å²) in [4.78, 5) is 31.8. The number of rotatable bonds is 12.